The van der Waals surface area contributed by atoms with Gasteiger partial charge in [0, 0.05) is 36.5 Å². The number of hydrogen-bond donors (Lipinski definition) is 3. The number of urea groups is 1. The van der Waals surface area contributed by atoms with Gasteiger partial charge in [0.1, 0.15) is 11.9 Å². The second kappa shape index (κ2) is 14.8. The molecule has 0 aromatic heterocycles. The first kappa shape index (κ1) is 30.3. The number of para-hydroxylation sites is 1. The minimum atomic E-state index is -0.434. The highest BCUT2D eigenvalue weighted by atomic mass is 16.5. The molecule has 42 heavy (non-hydrogen) atoms. The molecule has 0 aliphatic heterocycles. The third-order valence-electron chi connectivity index (χ3n) is 6.95. The molecule has 0 bridgehead atoms. The average molecular weight is 565 g/mol. The van der Waals surface area contributed by atoms with Gasteiger partial charge < -0.3 is 20.7 Å². The fourth-order valence-electron chi connectivity index (χ4n) is 4.92. The predicted molar refractivity (Wildman–Crippen MR) is 170 cm³/mol. The van der Waals surface area contributed by atoms with Crippen molar-refractivity contribution in [2.24, 2.45) is 0 Å². The summed E-state index contributed by atoms with van der Waals surface area (Å²) in [6, 6.07) is 34.5. The van der Waals surface area contributed by atoms with Crippen molar-refractivity contribution in [3.8, 4) is 5.75 Å². The van der Waals surface area contributed by atoms with E-state index in [-0.39, 0.29) is 5.91 Å². The Hall–Kier alpha value is -4.62. The lowest BCUT2D eigenvalue weighted by molar-refractivity contribution is 0.0933. The summed E-state index contributed by atoms with van der Waals surface area (Å²) in [6.07, 6.45) is -0.434. The summed E-state index contributed by atoms with van der Waals surface area (Å²) < 4.78 is 6.60. The number of nitrogens with zero attached hydrogens (tertiary/aromatic N) is 1. The van der Waals surface area contributed by atoms with Crippen LogP contribution in [0.3, 0.4) is 0 Å². The van der Waals surface area contributed by atoms with Gasteiger partial charge in [-0.2, -0.15) is 0 Å². The first-order chi connectivity index (χ1) is 20.3. The van der Waals surface area contributed by atoms with Gasteiger partial charge in [-0.05, 0) is 69.2 Å². The molecule has 0 fully saturated rings. The SMILES string of the molecule is CC(C)N(CCNC(=O)c1cc(NC(=O)Nc2ccccc2)ccc1OC(c1ccccc1)c1ccccc1)C(C)C. The van der Waals surface area contributed by atoms with E-state index in [2.05, 4.69) is 48.5 Å². The van der Waals surface area contributed by atoms with Crippen molar-refractivity contribution in [3.63, 3.8) is 0 Å². The van der Waals surface area contributed by atoms with Crippen molar-refractivity contribution in [1.29, 1.82) is 0 Å². The lowest BCUT2D eigenvalue weighted by atomic mass is 10.0. The normalized spacial score (nSPS) is 11.1. The summed E-state index contributed by atoms with van der Waals surface area (Å²) in [5, 5.41) is 8.71. The van der Waals surface area contributed by atoms with Gasteiger partial charge in [-0.25, -0.2) is 4.79 Å². The zero-order chi connectivity index (χ0) is 29.9. The average Bonchev–Trinajstić information content (AvgIpc) is 2.99. The van der Waals surface area contributed by atoms with E-state index in [0.29, 0.717) is 47.9 Å². The Kier molecular flexibility index (Phi) is 10.7. The Morgan fingerprint density at radius 2 is 1.21 bits per heavy atom. The first-order valence-corrected chi connectivity index (χ1v) is 14.4. The van der Waals surface area contributed by atoms with Gasteiger partial charge in [0.2, 0.25) is 0 Å². The minimum absolute atomic E-state index is 0.274. The van der Waals surface area contributed by atoms with Crippen LogP contribution in [0.15, 0.2) is 109 Å². The molecule has 4 rings (SSSR count). The molecule has 3 amide bonds. The van der Waals surface area contributed by atoms with Crippen LogP contribution in [-0.4, -0.2) is 42.0 Å². The van der Waals surface area contributed by atoms with E-state index >= 15 is 0 Å². The largest absolute Gasteiger partial charge is 0.480 e. The van der Waals surface area contributed by atoms with Crippen LogP contribution in [0.4, 0.5) is 16.2 Å². The summed E-state index contributed by atoms with van der Waals surface area (Å²) in [7, 11) is 0. The summed E-state index contributed by atoms with van der Waals surface area (Å²) in [5.74, 6) is 0.147. The third-order valence-corrected chi connectivity index (χ3v) is 6.95. The fraction of sp³-hybridized carbons (Fsp3) is 0.257. The Bertz CT molecular complexity index is 1380. The Balaban J connectivity index is 1.61. The number of amides is 3. The molecule has 218 valence electrons. The molecule has 0 saturated carbocycles. The zero-order valence-corrected chi connectivity index (χ0v) is 24.7. The van der Waals surface area contributed by atoms with E-state index in [9.17, 15) is 9.59 Å². The molecule has 4 aromatic carbocycles. The van der Waals surface area contributed by atoms with Crippen LogP contribution in [0.1, 0.15) is 55.3 Å². The highest BCUT2D eigenvalue weighted by Crippen LogP contribution is 2.32. The first-order valence-electron chi connectivity index (χ1n) is 14.4. The van der Waals surface area contributed by atoms with Crippen molar-refractivity contribution < 1.29 is 14.3 Å². The zero-order valence-electron chi connectivity index (χ0n) is 24.7. The molecular formula is C35H40N4O3. The van der Waals surface area contributed by atoms with Crippen LogP contribution in [0.25, 0.3) is 0 Å². The molecular weight excluding hydrogens is 524 g/mol. The molecule has 4 aromatic rings. The summed E-state index contributed by atoms with van der Waals surface area (Å²) >= 11 is 0. The van der Waals surface area contributed by atoms with Gasteiger partial charge in [0.25, 0.3) is 5.91 Å². The van der Waals surface area contributed by atoms with E-state index in [4.69, 9.17) is 4.74 Å². The van der Waals surface area contributed by atoms with Crippen molar-refractivity contribution in [3.05, 3.63) is 126 Å². The number of hydrogen-bond acceptors (Lipinski definition) is 4. The van der Waals surface area contributed by atoms with E-state index in [0.717, 1.165) is 11.1 Å². The van der Waals surface area contributed by atoms with Crippen LogP contribution in [0.5, 0.6) is 5.75 Å². The molecule has 7 heteroatoms. The molecule has 0 saturated heterocycles. The van der Waals surface area contributed by atoms with Crippen LogP contribution in [-0.2, 0) is 0 Å². The number of rotatable bonds is 12. The van der Waals surface area contributed by atoms with Gasteiger partial charge in [-0.3, -0.25) is 9.69 Å². The topological polar surface area (TPSA) is 82.7 Å². The number of nitrogens with one attached hydrogen (secondary N) is 3. The third kappa shape index (κ3) is 8.44. The molecule has 3 N–H and O–H groups in total. The van der Waals surface area contributed by atoms with Crippen LogP contribution in [0.2, 0.25) is 0 Å². The van der Waals surface area contributed by atoms with E-state index in [1.165, 1.54) is 0 Å². The van der Waals surface area contributed by atoms with E-state index < -0.39 is 12.1 Å². The number of carbonyl (C=O) groups excluding carboxylic acids is 2. The van der Waals surface area contributed by atoms with Gasteiger partial charge in [-0.1, -0.05) is 78.9 Å². The van der Waals surface area contributed by atoms with E-state index in [1.54, 1.807) is 30.3 Å². The number of benzene rings is 4. The van der Waals surface area contributed by atoms with Crippen molar-refractivity contribution in [2.45, 2.75) is 45.9 Å². The quantitative estimate of drug-likeness (QED) is 0.168. The maximum absolute atomic E-state index is 13.6. The highest BCUT2D eigenvalue weighted by molar-refractivity contribution is 6.02. The second-order valence-corrected chi connectivity index (χ2v) is 10.7. The molecule has 0 atom stereocenters. The van der Waals surface area contributed by atoms with Crippen LogP contribution in [0, 0.1) is 0 Å². The molecule has 0 unspecified atom stereocenters. The fourth-order valence-corrected chi connectivity index (χ4v) is 4.92. The summed E-state index contributed by atoms with van der Waals surface area (Å²) in [5.41, 5.74) is 3.40. The lowest BCUT2D eigenvalue weighted by Crippen LogP contribution is -2.42. The van der Waals surface area contributed by atoms with E-state index in [1.807, 2.05) is 78.9 Å². The second-order valence-electron chi connectivity index (χ2n) is 10.7. The Morgan fingerprint density at radius 3 is 1.76 bits per heavy atom. The monoisotopic (exact) mass is 564 g/mol. The summed E-state index contributed by atoms with van der Waals surface area (Å²) in [4.78, 5) is 28.7. The van der Waals surface area contributed by atoms with Crippen LogP contribution < -0.4 is 20.7 Å². The Morgan fingerprint density at radius 1 is 0.690 bits per heavy atom. The van der Waals surface area contributed by atoms with Crippen molar-refractivity contribution in [1.82, 2.24) is 10.2 Å². The molecule has 0 radical (unpaired) electrons. The highest BCUT2D eigenvalue weighted by Gasteiger charge is 2.22. The number of anilines is 2. The van der Waals surface area contributed by atoms with Crippen LogP contribution >= 0.6 is 0 Å². The maximum atomic E-state index is 13.6. The lowest BCUT2D eigenvalue weighted by Gasteiger charge is -2.30. The smallest absolute Gasteiger partial charge is 0.323 e. The molecule has 0 aliphatic rings. The van der Waals surface area contributed by atoms with Gasteiger partial charge >= 0.3 is 6.03 Å². The number of carbonyl (C=O) groups is 2. The van der Waals surface area contributed by atoms with Gasteiger partial charge in [0.05, 0.1) is 5.56 Å². The molecule has 0 heterocycles. The van der Waals surface area contributed by atoms with Gasteiger partial charge in [0.15, 0.2) is 0 Å². The van der Waals surface area contributed by atoms with Crippen molar-refractivity contribution >= 4 is 23.3 Å². The summed E-state index contributed by atoms with van der Waals surface area (Å²) in [6.45, 7) is 9.79. The molecule has 0 aliphatic carbocycles. The molecule has 7 nitrogen and oxygen atoms in total. The van der Waals surface area contributed by atoms with Crippen molar-refractivity contribution in [2.75, 3.05) is 23.7 Å². The minimum Gasteiger partial charge on any atom is -0.480 e. The van der Waals surface area contributed by atoms with Gasteiger partial charge in [-0.15, -0.1) is 0 Å². The predicted octanol–water partition coefficient (Wildman–Crippen LogP) is 7.35. The molecule has 0 spiro atoms. The standard InChI is InChI=1S/C35H40N4O3/c1-25(2)39(26(3)4)23-22-36-34(40)31-24-30(38-35(41)37-29-18-12-7-13-19-29)20-21-32(31)42-33(27-14-8-5-9-15-27)28-16-10-6-11-17-28/h5-21,24-26,33H,22-23H2,1-4H3,(H,36,40)(H2,37,38,41). The Labute approximate surface area is 248 Å². The maximum Gasteiger partial charge on any atom is 0.323 e. The number of ether oxygens (including phenoxy) is 1.